The molecule has 1 fully saturated rings. The van der Waals surface area contributed by atoms with Crippen molar-refractivity contribution in [3.05, 3.63) is 31.0 Å². The number of nitrogens with one attached hydrogen (secondary N) is 1. The van der Waals surface area contributed by atoms with Gasteiger partial charge in [0.05, 0.1) is 10.9 Å². The van der Waals surface area contributed by atoms with Gasteiger partial charge in [-0.2, -0.15) is 5.10 Å². The Hall–Kier alpha value is -2.50. The zero-order valence-corrected chi connectivity index (χ0v) is 12.2. The van der Waals surface area contributed by atoms with Crippen LogP contribution in [0.4, 0.5) is 0 Å². The van der Waals surface area contributed by atoms with Crippen LogP contribution in [0.1, 0.15) is 32.1 Å². The molecule has 1 aliphatic rings. The highest BCUT2D eigenvalue weighted by Gasteiger charge is 2.20. The van der Waals surface area contributed by atoms with Gasteiger partial charge >= 0.3 is 0 Å². The number of ether oxygens (including phenoxy) is 1. The Morgan fingerprint density at radius 1 is 1.09 bits per heavy atom. The minimum Gasteiger partial charge on any atom is -0.474 e. The normalized spacial score (nSPS) is 16.0. The number of pyridine rings is 1. The van der Waals surface area contributed by atoms with Gasteiger partial charge in [-0.05, 0) is 31.7 Å². The largest absolute Gasteiger partial charge is 0.474 e. The first-order valence-corrected chi connectivity index (χ1v) is 7.67. The summed E-state index contributed by atoms with van der Waals surface area (Å²) in [6.07, 6.45) is 13.0. The van der Waals surface area contributed by atoms with Crippen molar-refractivity contribution in [2.45, 2.75) is 38.2 Å². The molecule has 0 saturated heterocycles. The van der Waals surface area contributed by atoms with Crippen LogP contribution in [0.25, 0.3) is 22.2 Å². The first-order chi connectivity index (χ1) is 10.9. The van der Waals surface area contributed by atoms with E-state index >= 15 is 0 Å². The second-order valence-electron chi connectivity index (χ2n) is 5.62. The van der Waals surface area contributed by atoms with E-state index in [1.54, 1.807) is 18.6 Å². The van der Waals surface area contributed by atoms with Gasteiger partial charge in [0.2, 0.25) is 5.88 Å². The molecule has 0 amide bonds. The highest BCUT2D eigenvalue weighted by atomic mass is 16.5. The smallest absolute Gasteiger partial charge is 0.225 e. The average Bonchev–Trinajstić information content (AvgIpc) is 3.02. The van der Waals surface area contributed by atoms with Crippen LogP contribution in [0.5, 0.6) is 5.88 Å². The van der Waals surface area contributed by atoms with E-state index < -0.39 is 0 Å². The summed E-state index contributed by atoms with van der Waals surface area (Å²) in [5.41, 5.74) is 2.56. The number of aromatic amines is 1. The van der Waals surface area contributed by atoms with Gasteiger partial charge in [-0.15, -0.1) is 0 Å². The van der Waals surface area contributed by atoms with E-state index in [9.17, 15) is 0 Å². The molecule has 0 aromatic carbocycles. The average molecular weight is 295 g/mol. The van der Waals surface area contributed by atoms with E-state index in [4.69, 9.17) is 4.74 Å². The first-order valence-electron chi connectivity index (χ1n) is 7.67. The van der Waals surface area contributed by atoms with Gasteiger partial charge in [0, 0.05) is 24.2 Å². The summed E-state index contributed by atoms with van der Waals surface area (Å²) in [7, 11) is 0. The molecule has 1 aliphatic carbocycles. The third-order valence-corrected chi connectivity index (χ3v) is 4.11. The molecule has 6 nitrogen and oxygen atoms in total. The number of H-pyrrole nitrogens is 1. The van der Waals surface area contributed by atoms with Gasteiger partial charge in [-0.25, -0.2) is 15.0 Å². The minimum atomic E-state index is 0.252. The minimum absolute atomic E-state index is 0.252. The maximum Gasteiger partial charge on any atom is 0.225 e. The number of fused-ring (bicyclic) bond motifs is 1. The summed E-state index contributed by atoms with van der Waals surface area (Å²) in [4.78, 5) is 12.6. The molecule has 3 aromatic heterocycles. The molecule has 3 heterocycles. The Balaban J connectivity index is 1.76. The molecule has 0 bridgehead atoms. The molecule has 1 N–H and O–H groups in total. The van der Waals surface area contributed by atoms with Crippen LogP contribution >= 0.6 is 0 Å². The Morgan fingerprint density at radius 3 is 2.73 bits per heavy atom. The van der Waals surface area contributed by atoms with Crippen molar-refractivity contribution >= 4 is 10.9 Å². The fourth-order valence-electron chi connectivity index (χ4n) is 3.00. The van der Waals surface area contributed by atoms with Gasteiger partial charge < -0.3 is 4.74 Å². The highest BCUT2D eigenvalue weighted by Crippen LogP contribution is 2.33. The van der Waals surface area contributed by atoms with Crippen molar-refractivity contribution in [3.63, 3.8) is 0 Å². The second-order valence-corrected chi connectivity index (χ2v) is 5.62. The van der Waals surface area contributed by atoms with E-state index in [0.717, 1.165) is 35.0 Å². The van der Waals surface area contributed by atoms with Gasteiger partial charge in [0.25, 0.3) is 0 Å². The van der Waals surface area contributed by atoms with Crippen molar-refractivity contribution < 1.29 is 4.74 Å². The number of hydrogen-bond donors (Lipinski definition) is 1. The third kappa shape index (κ3) is 2.41. The van der Waals surface area contributed by atoms with E-state index in [1.165, 1.54) is 25.6 Å². The molecular weight excluding hydrogens is 278 g/mol. The van der Waals surface area contributed by atoms with Gasteiger partial charge in [-0.3, -0.25) is 5.10 Å². The predicted octanol–water partition coefficient (Wildman–Crippen LogP) is 3.13. The maximum absolute atomic E-state index is 6.18. The summed E-state index contributed by atoms with van der Waals surface area (Å²) in [5, 5.41) is 8.34. The van der Waals surface area contributed by atoms with Crippen LogP contribution in [0.3, 0.4) is 0 Å². The predicted molar refractivity (Wildman–Crippen MR) is 82.4 cm³/mol. The lowest BCUT2D eigenvalue weighted by Crippen LogP contribution is -2.20. The van der Waals surface area contributed by atoms with Gasteiger partial charge in [-0.1, -0.05) is 6.42 Å². The zero-order valence-electron chi connectivity index (χ0n) is 12.2. The fourth-order valence-corrected chi connectivity index (χ4v) is 3.00. The Morgan fingerprint density at radius 2 is 1.91 bits per heavy atom. The Bertz CT molecular complexity index is 765. The van der Waals surface area contributed by atoms with Crippen LogP contribution in [0.2, 0.25) is 0 Å². The molecule has 1 saturated carbocycles. The molecule has 0 unspecified atom stereocenters. The number of rotatable bonds is 3. The molecule has 0 atom stereocenters. The lowest BCUT2D eigenvalue weighted by Gasteiger charge is -2.22. The molecule has 0 spiro atoms. The molecule has 4 rings (SSSR count). The third-order valence-electron chi connectivity index (χ3n) is 4.11. The van der Waals surface area contributed by atoms with Crippen molar-refractivity contribution in [2.24, 2.45) is 0 Å². The zero-order chi connectivity index (χ0) is 14.8. The standard InChI is InChI=1S/C16H17N5O/c1-2-4-12(5-3-1)22-16-14-13(6-7-19-16)20-21-15(14)11-8-17-10-18-9-11/h6-10,12H,1-5H2,(H,20,21). The van der Waals surface area contributed by atoms with Gasteiger partial charge in [0.15, 0.2) is 0 Å². The quantitative estimate of drug-likeness (QED) is 0.803. The molecule has 6 heteroatoms. The second kappa shape index (κ2) is 5.71. The number of hydrogen-bond acceptors (Lipinski definition) is 5. The maximum atomic E-state index is 6.18. The fraction of sp³-hybridized carbons (Fsp3) is 0.375. The molecule has 22 heavy (non-hydrogen) atoms. The van der Waals surface area contributed by atoms with Crippen LogP contribution in [-0.2, 0) is 0 Å². The van der Waals surface area contributed by atoms with E-state index in [2.05, 4.69) is 25.1 Å². The lowest BCUT2D eigenvalue weighted by atomic mass is 9.98. The lowest BCUT2D eigenvalue weighted by molar-refractivity contribution is 0.151. The Kier molecular flexibility index (Phi) is 3.42. The van der Waals surface area contributed by atoms with Crippen molar-refractivity contribution in [2.75, 3.05) is 0 Å². The summed E-state index contributed by atoms with van der Waals surface area (Å²) in [6, 6.07) is 1.91. The summed E-state index contributed by atoms with van der Waals surface area (Å²) < 4.78 is 6.18. The van der Waals surface area contributed by atoms with Gasteiger partial charge in [0.1, 0.15) is 18.1 Å². The molecule has 112 valence electrons. The summed E-state index contributed by atoms with van der Waals surface area (Å²) >= 11 is 0. The first kappa shape index (κ1) is 13.2. The van der Waals surface area contributed by atoms with Crippen molar-refractivity contribution in [1.29, 1.82) is 0 Å². The molecule has 0 aliphatic heterocycles. The SMILES string of the molecule is c1ncc(-c2n[nH]c3ccnc(OC4CCCCC4)c23)cn1. The number of nitrogens with zero attached hydrogens (tertiary/aromatic N) is 4. The summed E-state index contributed by atoms with van der Waals surface area (Å²) in [6.45, 7) is 0. The van der Waals surface area contributed by atoms with Crippen LogP contribution in [0.15, 0.2) is 31.0 Å². The van der Waals surface area contributed by atoms with Crippen molar-refractivity contribution in [3.8, 4) is 17.1 Å². The highest BCUT2D eigenvalue weighted by molar-refractivity contribution is 5.96. The van der Waals surface area contributed by atoms with E-state index in [0.29, 0.717) is 5.88 Å². The molecule has 3 aromatic rings. The van der Waals surface area contributed by atoms with E-state index in [1.807, 2.05) is 6.07 Å². The number of aromatic nitrogens is 5. The van der Waals surface area contributed by atoms with Crippen LogP contribution < -0.4 is 4.74 Å². The molecular formula is C16H17N5O. The molecule has 0 radical (unpaired) electrons. The van der Waals surface area contributed by atoms with Crippen LogP contribution in [-0.4, -0.2) is 31.3 Å². The Labute approximate surface area is 128 Å². The summed E-state index contributed by atoms with van der Waals surface area (Å²) in [5.74, 6) is 0.650. The van der Waals surface area contributed by atoms with E-state index in [-0.39, 0.29) is 6.10 Å². The monoisotopic (exact) mass is 295 g/mol. The topological polar surface area (TPSA) is 76.6 Å². The van der Waals surface area contributed by atoms with Crippen LogP contribution in [0, 0.1) is 0 Å². The van der Waals surface area contributed by atoms with Crippen molar-refractivity contribution in [1.82, 2.24) is 25.1 Å².